The molecule has 0 saturated heterocycles. The lowest BCUT2D eigenvalue weighted by Gasteiger charge is -1.96. The Morgan fingerprint density at radius 3 is 3.00 bits per heavy atom. The molecule has 0 aromatic carbocycles. The largest absolute Gasteiger partial charge is 0.461 e. The van der Waals surface area contributed by atoms with Crippen LogP contribution in [0.25, 0.3) is 5.78 Å². The van der Waals surface area contributed by atoms with Gasteiger partial charge in [0.25, 0.3) is 0 Å². The Hall–Kier alpha value is -1.62. The Kier molecular flexibility index (Phi) is 2.78. The first-order valence-electron chi connectivity index (χ1n) is 4.81. The van der Waals surface area contributed by atoms with E-state index >= 15 is 0 Å². The number of ether oxygens (including phenoxy) is 1. The van der Waals surface area contributed by atoms with Gasteiger partial charge >= 0.3 is 5.97 Å². The number of hydrogen-bond donors (Lipinski definition) is 0. The first-order valence-corrected chi connectivity index (χ1v) is 5.19. The summed E-state index contributed by atoms with van der Waals surface area (Å²) >= 11 is 5.99. The molecular formula is C10H10ClN3O2. The Morgan fingerprint density at radius 1 is 1.56 bits per heavy atom. The number of carbonyl (C=O) groups excluding carboxylic acids is 1. The summed E-state index contributed by atoms with van der Waals surface area (Å²) < 4.78 is 6.38. The van der Waals surface area contributed by atoms with E-state index in [1.165, 1.54) is 6.20 Å². The van der Waals surface area contributed by atoms with Gasteiger partial charge in [-0.05, 0) is 19.9 Å². The van der Waals surface area contributed by atoms with Gasteiger partial charge in [-0.25, -0.2) is 14.8 Å². The SMILES string of the molecule is CCOC(=O)c1cn2c(Cl)cc(C)nc2n1. The molecule has 0 saturated carbocycles. The fourth-order valence-electron chi connectivity index (χ4n) is 1.34. The summed E-state index contributed by atoms with van der Waals surface area (Å²) in [5, 5.41) is 0.463. The summed E-state index contributed by atoms with van der Waals surface area (Å²) in [5.41, 5.74) is 0.959. The number of nitrogens with zero attached hydrogens (tertiary/aromatic N) is 3. The Labute approximate surface area is 97.0 Å². The molecule has 0 spiro atoms. The van der Waals surface area contributed by atoms with Gasteiger partial charge in [-0.3, -0.25) is 4.40 Å². The van der Waals surface area contributed by atoms with Crippen LogP contribution in [-0.4, -0.2) is 26.9 Å². The monoisotopic (exact) mass is 239 g/mol. The van der Waals surface area contributed by atoms with Crippen molar-refractivity contribution in [3.05, 3.63) is 28.8 Å². The summed E-state index contributed by atoms with van der Waals surface area (Å²) in [5.74, 6) is -0.0743. The van der Waals surface area contributed by atoms with Crippen molar-refractivity contribution in [1.82, 2.24) is 14.4 Å². The average Bonchev–Trinajstić information content (AvgIpc) is 2.62. The quantitative estimate of drug-likeness (QED) is 0.593. The minimum Gasteiger partial charge on any atom is -0.461 e. The third-order valence-electron chi connectivity index (χ3n) is 2.01. The van der Waals surface area contributed by atoms with Crippen LogP contribution in [0.15, 0.2) is 12.3 Å². The number of hydrogen-bond acceptors (Lipinski definition) is 4. The third-order valence-corrected chi connectivity index (χ3v) is 2.30. The molecule has 0 amide bonds. The summed E-state index contributed by atoms with van der Waals surface area (Å²) in [6, 6.07) is 1.70. The van der Waals surface area contributed by atoms with Crippen molar-refractivity contribution in [2.45, 2.75) is 13.8 Å². The third kappa shape index (κ3) is 1.86. The molecule has 0 aliphatic rings. The first-order chi connectivity index (χ1) is 7.61. The predicted octanol–water partition coefficient (Wildman–Crippen LogP) is 1.87. The van der Waals surface area contributed by atoms with E-state index in [4.69, 9.17) is 16.3 Å². The van der Waals surface area contributed by atoms with Gasteiger partial charge in [-0.15, -0.1) is 0 Å². The number of halogens is 1. The zero-order chi connectivity index (χ0) is 11.7. The number of imidazole rings is 1. The van der Waals surface area contributed by atoms with Gasteiger partial charge < -0.3 is 4.74 Å². The van der Waals surface area contributed by atoms with Gasteiger partial charge in [0, 0.05) is 11.9 Å². The summed E-state index contributed by atoms with van der Waals surface area (Å²) in [7, 11) is 0. The molecular weight excluding hydrogens is 230 g/mol. The van der Waals surface area contributed by atoms with Crippen molar-refractivity contribution >= 4 is 23.3 Å². The fourth-order valence-corrected chi connectivity index (χ4v) is 1.62. The lowest BCUT2D eigenvalue weighted by Crippen LogP contribution is -2.04. The molecule has 0 bridgehead atoms. The maximum atomic E-state index is 11.4. The van der Waals surface area contributed by atoms with E-state index < -0.39 is 5.97 Å². The Bertz CT molecular complexity index is 550. The van der Waals surface area contributed by atoms with Crippen LogP contribution >= 0.6 is 11.6 Å². The smallest absolute Gasteiger partial charge is 0.358 e. The molecule has 5 nitrogen and oxygen atoms in total. The molecule has 0 aliphatic heterocycles. The van der Waals surface area contributed by atoms with E-state index in [2.05, 4.69) is 9.97 Å². The van der Waals surface area contributed by atoms with Gasteiger partial charge in [0.2, 0.25) is 5.78 Å². The van der Waals surface area contributed by atoms with Crippen molar-refractivity contribution in [2.24, 2.45) is 0 Å². The van der Waals surface area contributed by atoms with Crippen molar-refractivity contribution in [3.8, 4) is 0 Å². The Morgan fingerprint density at radius 2 is 2.31 bits per heavy atom. The zero-order valence-electron chi connectivity index (χ0n) is 8.90. The van der Waals surface area contributed by atoms with Gasteiger partial charge in [0.1, 0.15) is 5.15 Å². The van der Waals surface area contributed by atoms with Gasteiger partial charge in [-0.2, -0.15) is 0 Å². The highest BCUT2D eigenvalue weighted by atomic mass is 35.5. The number of rotatable bonds is 2. The van der Waals surface area contributed by atoms with Gasteiger partial charge in [-0.1, -0.05) is 11.6 Å². The molecule has 0 N–H and O–H groups in total. The number of aromatic nitrogens is 3. The van der Waals surface area contributed by atoms with Crippen LogP contribution in [-0.2, 0) is 4.74 Å². The van der Waals surface area contributed by atoms with E-state index in [-0.39, 0.29) is 5.69 Å². The van der Waals surface area contributed by atoms with Crippen molar-refractivity contribution in [2.75, 3.05) is 6.61 Å². The maximum absolute atomic E-state index is 11.4. The first kappa shape index (κ1) is 10.9. The normalized spacial score (nSPS) is 10.7. The van der Waals surface area contributed by atoms with Crippen LogP contribution < -0.4 is 0 Å². The van der Waals surface area contributed by atoms with Crippen LogP contribution in [0.2, 0.25) is 5.15 Å². The molecule has 6 heteroatoms. The highest BCUT2D eigenvalue weighted by Crippen LogP contribution is 2.14. The lowest BCUT2D eigenvalue weighted by atomic mass is 10.4. The molecule has 84 valence electrons. The van der Waals surface area contributed by atoms with Crippen LogP contribution in [0.5, 0.6) is 0 Å². The molecule has 2 aromatic rings. The predicted molar refractivity (Wildman–Crippen MR) is 58.7 cm³/mol. The van der Waals surface area contributed by atoms with Crippen molar-refractivity contribution < 1.29 is 9.53 Å². The second-order valence-electron chi connectivity index (χ2n) is 3.24. The van der Waals surface area contributed by atoms with E-state index in [9.17, 15) is 4.79 Å². The molecule has 0 unspecified atom stereocenters. The highest BCUT2D eigenvalue weighted by molar-refractivity contribution is 6.29. The van der Waals surface area contributed by atoms with Crippen LogP contribution in [0, 0.1) is 6.92 Å². The second kappa shape index (κ2) is 4.09. The van der Waals surface area contributed by atoms with E-state index in [0.29, 0.717) is 17.5 Å². The maximum Gasteiger partial charge on any atom is 0.358 e. The van der Waals surface area contributed by atoms with Crippen LogP contribution in [0.3, 0.4) is 0 Å². The molecule has 2 heterocycles. The second-order valence-corrected chi connectivity index (χ2v) is 3.62. The van der Waals surface area contributed by atoms with Crippen molar-refractivity contribution in [1.29, 1.82) is 0 Å². The lowest BCUT2D eigenvalue weighted by molar-refractivity contribution is 0.0520. The molecule has 0 fully saturated rings. The molecule has 2 rings (SSSR count). The highest BCUT2D eigenvalue weighted by Gasteiger charge is 2.13. The summed E-state index contributed by atoms with van der Waals surface area (Å²) in [4.78, 5) is 19.6. The molecule has 16 heavy (non-hydrogen) atoms. The van der Waals surface area contributed by atoms with Crippen LogP contribution in [0.1, 0.15) is 23.1 Å². The standard InChI is InChI=1S/C10H10ClN3O2/c1-3-16-9(15)7-5-14-8(11)4-6(2)12-10(14)13-7/h4-5H,3H2,1-2H3. The van der Waals surface area contributed by atoms with Crippen LogP contribution in [0.4, 0.5) is 0 Å². The van der Waals surface area contributed by atoms with E-state index in [1.807, 2.05) is 6.92 Å². The number of fused-ring (bicyclic) bond motifs is 1. The van der Waals surface area contributed by atoms with E-state index in [1.54, 1.807) is 17.4 Å². The van der Waals surface area contributed by atoms with Crippen molar-refractivity contribution in [3.63, 3.8) is 0 Å². The minimum absolute atomic E-state index is 0.210. The molecule has 0 aliphatic carbocycles. The number of carbonyl (C=O) groups is 1. The summed E-state index contributed by atoms with van der Waals surface area (Å²) in [6.45, 7) is 3.86. The number of esters is 1. The van der Waals surface area contributed by atoms with E-state index in [0.717, 1.165) is 5.69 Å². The minimum atomic E-state index is -0.471. The molecule has 0 atom stereocenters. The summed E-state index contributed by atoms with van der Waals surface area (Å²) in [6.07, 6.45) is 1.52. The van der Waals surface area contributed by atoms with Gasteiger partial charge in [0.05, 0.1) is 6.61 Å². The zero-order valence-corrected chi connectivity index (χ0v) is 9.65. The fraction of sp³-hybridized carbons (Fsp3) is 0.300. The molecule has 2 aromatic heterocycles. The topological polar surface area (TPSA) is 56.5 Å². The average molecular weight is 240 g/mol. The Balaban J connectivity index is 2.51. The molecule has 0 radical (unpaired) electrons. The van der Waals surface area contributed by atoms with Gasteiger partial charge in [0.15, 0.2) is 5.69 Å². The number of aryl methyl sites for hydroxylation is 1.